The van der Waals surface area contributed by atoms with Gasteiger partial charge >= 0.3 is 0 Å². The third-order valence-electron chi connectivity index (χ3n) is 4.62. The number of nitrogens with zero attached hydrogens (tertiary/aromatic N) is 1. The van der Waals surface area contributed by atoms with Crippen molar-refractivity contribution in [1.29, 1.82) is 0 Å². The average Bonchev–Trinajstić information content (AvgIpc) is 2.77. The summed E-state index contributed by atoms with van der Waals surface area (Å²) < 4.78 is 13.3. The first kappa shape index (κ1) is 22.2. The number of carbonyl (C=O) groups is 2. The first-order valence-corrected chi connectivity index (χ1v) is 10.1. The molecular formula is C25H22ClFN2O2. The van der Waals surface area contributed by atoms with Crippen LogP contribution in [0.5, 0.6) is 0 Å². The number of hydrogen-bond donors (Lipinski definition) is 1. The molecule has 1 N–H and O–H groups in total. The lowest BCUT2D eigenvalue weighted by Crippen LogP contribution is -2.30. The van der Waals surface area contributed by atoms with Crippen molar-refractivity contribution in [2.24, 2.45) is 0 Å². The van der Waals surface area contributed by atoms with Gasteiger partial charge in [0.2, 0.25) is 5.91 Å². The number of amides is 2. The number of benzene rings is 3. The van der Waals surface area contributed by atoms with E-state index >= 15 is 0 Å². The van der Waals surface area contributed by atoms with Crippen molar-refractivity contribution in [2.75, 3.05) is 11.4 Å². The Morgan fingerprint density at radius 2 is 1.71 bits per heavy atom. The Kier molecular flexibility index (Phi) is 7.57. The van der Waals surface area contributed by atoms with Gasteiger partial charge in [-0.05, 0) is 59.7 Å². The van der Waals surface area contributed by atoms with E-state index < -0.39 is 0 Å². The predicted octanol–water partition coefficient (Wildman–Crippen LogP) is 5.17. The second kappa shape index (κ2) is 10.5. The highest BCUT2D eigenvalue weighted by atomic mass is 35.5. The minimum atomic E-state index is -0.341. The van der Waals surface area contributed by atoms with E-state index in [0.29, 0.717) is 22.8 Å². The number of rotatable bonds is 8. The summed E-state index contributed by atoms with van der Waals surface area (Å²) in [5.41, 5.74) is 2.66. The van der Waals surface area contributed by atoms with Gasteiger partial charge < -0.3 is 10.2 Å². The van der Waals surface area contributed by atoms with Crippen molar-refractivity contribution in [3.63, 3.8) is 0 Å². The normalized spacial score (nSPS) is 10.4. The van der Waals surface area contributed by atoms with Crippen LogP contribution in [0.2, 0.25) is 5.02 Å². The predicted molar refractivity (Wildman–Crippen MR) is 122 cm³/mol. The van der Waals surface area contributed by atoms with E-state index in [0.717, 1.165) is 11.1 Å². The SMILES string of the molecule is C=CCNC(=O)Cc1cccc(N(Cc2ccc(F)cc2)C(=O)c2ccc(Cl)cc2)c1. The second-order valence-electron chi connectivity index (χ2n) is 6.96. The fourth-order valence-corrected chi connectivity index (χ4v) is 3.20. The molecule has 3 aromatic rings. The summed E-state index contributed by atoms with van der Waals surface area (Å²) in [5.74, 6) is -0.702. The van der Waals surface area contributed by atoms with E-state index in [9.17, 15) is 14.0 Å². The lowest BCUT2D eigenvalue weighted by molar-refractivity contribution is -0.120. The highest BCUT2D eigenvalue weighted by Crippen LogP contribution is 2.23. The minimum absolute atomic E-state index is 0.133. The number of halogens is 2. The Hall–Kier alpha value is -3.44. The van der Waals surface area contributed by atoms with E-state index in [1.54, 1.807) is 53.4 Å². The third-order valence-corrected chi connectivity index (χ3v) is 4.87. The molecule has 31 heavy (non-hydrogen) atoms. The Bertz CT molecular complexity index is 1070. The van der Waals surface area contributed by atoms with Crippen molar-refractivity contribution in [2.45, 2.75) is 13.0 Å². The molecule has 0 radical (unpaired) electrons. The van der Waals surface area contributed by atoms with Gasteiger partial charge in [0.1, 0.15) is 5.82 Å². The molecule has 0 bridgehead atoms. The molecule has 0 spiro atoms. The van der Waals surface area contributed by atoms with Gasteiger partial charge in [0.25, 0.3) is 5.91 Å². The molecule has 3 rings (SSSR count). The zero-order valence-electron chi connectivity index (χ0n) is 16.9. The van der Waals surface area contributed by atoms with Crippen LogP contribution in [0.4, 0.5) is 10.1 Å². The van der Waals surface area contributed by atoms with Gasteiger partial charge in [-0.2, -0.15) is 0 Å². The van der Waals surface area contributed by atoms with Gasteiger partial charge in [-0.25, -0.2) is 4.39 Å². The molecule has 6 heteroatoms. The summed E-state index contributed by atoms with van der Waals surface area (Å²) in [5, 5.41) is 3.28. The van der Waals surface area contributed by atoms with Gasteiger partial charge in [-0.1, -0.05) is 41.9 Å². The molecule has 0 unspecified atom stereocenters. The summed E-state index contributed by atoms with van der Waals surface area (Å²) in [4.78, 5) is 27.0. The van der Waals surface area contributed by atoms with E-state index in [4.69, 9.17) is 11.6 Å². The molecule has 0 saturated carbocycles. The molecule has 0 aliphatic heterocycles. The Labute approximate surface area is 186 Å². The Morgan fingerprint density at radius 1 is 1.00 bits per heavy atom. The molecular weight excluding hydrogens is 415 g/mol. The summed E-state index contributed by atoms with van der Waals surface area (Å²) in [7, 11) is 0. The molecule has 3 aromatic carbocycles. The number of hydrogen-bond acceptors (Lipinski definition) is 2. The Balaban J connectivity index is 1.91. The number of anilines is 1. The van der Waals surface area contributed by atoms with Crippen molar-refractivity contribution >= 4 is 29.1 Å². The van der Waals surface area contributed by atoms with Crippen LogP contribution in [-0.4, -0.2) is 18.4 Å². The summed E-state index contributed by atoms with van der Waals surface area (Å²) in [6.45, 7) is 4.22. The van der Waals surface area contributed by atoms with Crippen LogP contribution in [0.25, 0.3) is 0 Å². The maximum absolute atomic E-state index is 13.3. The lowest BCUT2D eigenvalue weighted by Gasteiger charge is -2.24. The standard InChI is InChI=1S/C25H22ClFN2O2/c1-2-14-28-24(30)16-19-4-3-5-23(15-19)29(17-18-6-12-22(27)13-7-18)25(31)20-8-10-21(26)11-9-20/h2-13,15H,1,14,16-17H2,(H,28,30). The lowest BCUT2D eigenvalue weighted by atomic mass is 10.1. The highest BCUT2D eigenvalue weighted by molar-refractivity contribution is 6.30. The maximum Gasteiger partial charge on any atom is 0.258 e. The molecule has 2 amide bonds. The Morgan fingerprint density at radius 3 is 2.39 bits per heavy atom. The second-order valence-corrected chi connectivity index (χ2v) is 7.40. The average molecular weight is 437 g/mol. The van der Waals surface area contributed by atoms with E-state index in [-0.39, 0.29) is 30.6 Å². The molecule has 0 aliphatic rings. The number of carbonyl (C=O) groups excluding carboxylic acids is 2. The van der Waals surface area contributed by atoms with Crippen molar-refractivity contribution in [3.05, 3.63) is 113 Å². The van der Waals surface area contributed by atoms with Crippen LogP contribution in [0.1, 0.15) is 21.5 Å². The molecule has 158 valence electrons. The summed E-state index contributed by atoms with van der Waals surface area (Å²) in [6, 6.07) is 19.9. The van der Waals surface area contributed by atoms with E-state index in [1.165, 1.54) is 12.1 Å². The zero-order valence-corrected chi connectivity index (χ0v) is 17.6. The van der Waals surface area contributed by atoms with Crippen molar-refractivity contribution < 1.29 is 14.0 Å². The van der Waals surface area contributed by atoms with Crippen molar-refractivity contribution in [1.82, 2.24) is 5.32 Å². The fourth-order valence-electron chi connectivity index (χ4n) is 3.07. The third kappa shape index (κ3) is 6.27. The largest absolute Gasteiger partial charge is 0.352 e. The molecule has 0 aromatic heterocycles. The molecule has 0 saturated heterocycles. The molecule has 0 atom stereocenters. The van der Waals surface area contributed by atoms with Gasteiger partial charge in [-0.3, -0.25) is 9.59 Å². The van der Waals surface area contributed by atoms with E-state index in [2.05, 4.69) is 11.9 Å². The quantitative estimate of drug-likeness (QED) is 0.495. The zero-order chi connectivity index (χ0) is 22.2. The van der Waals surface area contributed by atoms with Gasteiger partial charge in [0, 0.05) is 22.8 Å². The summed E-state index contributed by atoms with van der Waals surface area (Å²) >= 11 is 5.96. The molecule has 4 nitrogen and oxygen atoms in total. The smallest absolute Gasteiger partial charge is 0.258 e. The van der Waals surface area contributed by atoms with E-state index in [1.807, 2.05) is 18.2 Å². The first-order chi connectivity index (χ1) is 15.0. The fraction of sp³-hybridized carbons (Fsp3) is 0.120. The van der Waals surface area contributed by atoms with Crippen LogP contribution >= 0.6 is 11.6 Å². The topological polar surface area (TPSA) is 49.4 Å². The maximum atomic E-state index is 13.3. The first-order valence-electron chi connectivity index (χ1n) is 9.74. The van der Waals surface area contributed by atoms with Crippen LogP contribution in [0.3, 0.4) is 0 Å². The summed E-state index contributed by atoms with van der Waals surface area (Å²) in [6.07, 6.45) is 1.80. The molecule has 0 fully saturated rings. The number of nitrogens with one attached hydrogen (secondary N) is 1. The van der Waals surface area contributed by atoms with Crippen molar-refractivity contribution in [3.8, 4) is 0 Å². The van der Waals surface area contributed by atoms with Gasteiger partial charge in [0.15, 0.2) is 0 Å². The monoisotopic (exact) mass is 436 g/mol. The van der Waals surface area contributed by atoms with Crippen LogP contribution in [0.15, 0.2) is 85.5 Å². The molecule has 0 heterocycles. The highest BCUT2D eigenvalue weighted by Gasteiger charge is 2.19. The van der Waals surface area contributed by atoms with Crippen LogP contribution in [-0.2, 0) is 17.8 Å². The van der Waals surface area contributed by atoms with Gasteiger partial charge in [0.05, 0.1) is 13.0 Å². The molecule has 0 aliphatic carbocycles. The minimum Gasteiger partial charge on any atom is -0.352 e. The van der Waals surface area contributed by atoms with Crippen LogP contribution in [0, 0.1) is 5.82 Å². The van der Waals surface area contributed by atoms with Gasteiger partial charge in [-0.15, -0.1) is 6.58 Å². The van der Waals surface area contributed by atoms with Crippen LogP contribution < -0.4 is 10.2 Å².